The van der Waals surface area contributed by atoms with Crippen molar-refractivity contribution in [2.24, 2.45) is 0 Å². The van der Waals surface area contributed by atoms with Gasteiger partial charge in [0, 0.05) is 50.1 Å². The first-order chi connectivity index (χ1) is 18.2. The molecule has 0 saturated heterocycles. The van der Waals surface area contributed by atoms with E-state index in [1.807, 2.05) is 45.9 Å². The number of carbonyl (C=O) groups is 1. The fourth-order valence-electron chi connectivity index (χ4n) is 4.54. The van der Waals surface area contributed by atoms with Gasteiger partial charge in [-0.05, 0) is 58.4 Å². The Kier molecular flexibility index (Phi) is 6.98. The van der Waals surface area contributed by atoms with E-state index in [2.05, 4.69) is 54.5 Å². The Balaban J connectivity index is 1.25. The summed E-state index contributed by atoms with van der Waals surface area (Å²) in [5, 5.41) is 15.4. The minimum absolute atomic E-state index is 0.140. The molecule has 10 nitrogen and oxygen atoms in total. The fraction of sp³-hybridized carbons (Fsp3) is 0.393. The lowest BCUT2D eigenvalue weighted by Gasteiger charge is -2.18. The van der Waals surface area contributed by atoms with Gasteiger partial charge >= 0.3 is 0 Å². The van der Waals surface area contributed by atoms with Crippen LogP contribution in [0.4, 0.5) is 11.6 Å². The third kappa shape index (κ3) is 5.75. The standard InChI is InChI=1S/C28H35N9O/c1-19-11-20(7-8-21(19)14-29-27(38)22-15-32-37(16-22)28(2,3)4)24-13-25(31-18-30-24)33-26-12-23-17-35(5)9-6-10-36(23)34-26/h7-8,11-13,15-16,18H,6,9-10,14,17H2,1-5H3,(H,29,38)(H,30,31,33,34). The Morgan fingerprint density at radius 1 is 1.08 bits per heavy atom. The number of nitrogens with zero attached hydrogens (tertiary/aromatic N) is 7. The molecule has 1 amide bonds. The average molecular weight is 514 g/mol. The van der Waals surface area contributed by atoms with Gasteiger partial charge in [-0.25, -0.2) is 9.97 Å². The molecule has 0 radical (unpaired) electrons. The second-order valence-corrected chi connectivity index (χ2v) is 10.9. The summed E-state index contributed by atoms with van der Waals surface area (Å²) in [5.41, 5.74) is 5.49. The largest absolute Gasteiger partial charge is 0.348 e. The van der Waals surface area contributed by atoms with Gasteiger partial charge in [-0.15, -0.1) is 0 Å². The summed E-state index contributed by atoms with van der Waals surface area (Å²) >= 11 is 0. The molecule has 10 heteroatoms. The van der Waals surface area contributed by atoms with Crippen molar-refractivity contribution in [3.8, 4) is 11.3 Å². The number of fused-ring (bicyclic) bond motifs is 1. The van der Waals surface area contributed by atoms with Crippen molar-refractivity contribution in [3.05, 3.63) is 71.4 Å². The van der Waals surface area contributed by atoms with Crippen molar-refractivity contribution in [3.63, 3.8) is 0 Å². The summed E-state index contributed by atoms with van der Waals surface area (Å²) in [6.45, 7) is 11.5. The van der Waals surface area contributed by atoms with Gasteiger partial charge in [-0.3, -0.25) is 14.2 Å². The Hall–Kier alpha value is -4.05. The van der Waals surface area contributed by atoms with Gasteiger partial charge < -0.3 is 15.5 Å². The highest BCUT2D eigenvalue weighted by molar-refractivity contribution is 5.93. The zero-order chi connectivity index (χ0) is 26.9. The minimum Gasteiger partial charge on any atom is -0.348 e. The number of hydrogen-bond donors (Lipinski definition) is 2. The molecule has 198 valence electrons. The van der Waals surface area contributed by atoms with Gasteiger partial charge in [-0.1, -0.05) is 12.1 Å². The fourth-order valence-corrected chi connectivity index (χ4v) is 4.54. The Labute approximate surface area is 223 Å². The monoisotopic (exact) mass is 513 g/mol. The van der Waals surface area contributed by atoms with Crippen LogP contribution in [-0.4, -0.2) is 53.9 Å². The van der Waals surface area contributed by atoms with Gasteiger partial charge in [0.2, 0.25) is 0 Å². The molecule has 1 aliphatic heterocycles. The van der Waals surface area contributed by atoms with Crippen molar-refractivity contribution in [2.75, 3.05) is 18.9 Å². The van der Waals surface area contributed by atoms with Crippen molar-refractivity contribution in [2.45, 2.75) is 59.3 Å². The number of amides is 1. The van der Waals surface area contributed by atoms with E-state index in [4.69, 9.17) is 5.10 Å². The van der Waals surface area contributed by atoms with E-state index in [-0.39, 0.29) is 11.4 Å². The number of rotatable bonds is 6. The molecule has 5 rings (SSSR count). The quantitative estimate of drug-likeness (QED) is 0.400. The molecule has 1 aromatic carbocycles. The molecule has 0 saturated carbocycles. The first-order valence-corrected chi connectivity index (χ1v) is 12.9. The molecule has 1 aliphatic rings. The second kappa shape index (κ2) is 10.4. The van der Waals surface area contributed by atoms with E-state index in [1.54, 1.807) is 23.4 Å². The predicted octanol–water partition coefficient (Wildman–Crippen LogP) is 4.11. The van der Waals surface area contributed by atoms with Crippen molar-refractivity contribution in [1.29, 1.82) is 0 Å². The van der Waals surface area contributed by atoms with E-state index in [1.165, 1.54) is 5.69 Å². The number of anilines is 2. The van der Waals surface area contributed by atoms with E-state index < -0.39 is 0 Å². The van der Waals surface area contributed by atoms with Crippen LogP contribution in [0.25, 0.3) is 11.3 Å². The number of carbonyl (C=O) groups excluding carboxylic acids is 1. The van der Waals surface area contributed by atoms with Crippen LogP contribution in [-0.2, 0) is 25.2 Å². The van der Waals surface area contributed by atoms with Gasteiger partial charge in [0.05, 0.1) is 28.7 Å². The molecule has 0 aliphatic carbocycles. The van der Waals surface area contributed by atoms with Crippen LogP contribution >= 0.6 is 0 Å². The molecule has 3 aromatic heterocycles. The number of hydrogen-bond acceptors (Lipinski definition) is 7. The van der Waals surface area contributed by atoms with Gasteiger partial charge in [0.15, 0.2) is 5.82 Å². The molecule has 0 bridgehead atoms. The van der Waals surface area contributed by atoms with E-state index >= 15 is 0 Å². The highest BCUT2D eigenvalue weighted by Crippen LogP contribution is 2.24. The molecule has 38 heavy (non-hydrogen) atoms. The van der Waals surface area contributed by atoms with E-state index in [0.29, 0.717) is 17.9 Å². The number of benzene rings is 1. The van der Waals surface area contributed by atoms with E-state index in [9.17, 15) is 4.79 Å². The Morgan fingerprint density at radius 2 is 1.92 bits per heavy atom. The topological polar surface area (TPSA) is 106 Å². The molecule has 0 atom stereocenters. The van der Waals surface area contributed by atoms with Crippen LogP contribution in [0.2, 0.25) is 0 Å². The highest BCUT2D eigenvalue weighted by atomic mass is 16.1. The number of aromatic nitrogens is 6. The third-order valence-corrected chi connectivity index (χ3v) is 6.74. The maximum Gasteiger partial charge on any atom is 0.254 e. The maximum atomic E-state index is 12.6. The predicted molar refractivity (Wildman–Crippen MR) is 147 cm³/mol. The zero-order valence-electron chi connectivity index (χ0n) is 22.7. The van der Waals surface area contributed by atoms with Gasteiger partial charge in [0.25, 0.3) is 5.91 Å². The molecular formula is C28H35N9O. The van der Waals surface area contributed by atoms with Crippen LogP contribution in [0.15, 0.2) is 49.1 Å². The molecule has 4 heterocycles. The second-order valence-electron chi connectivity index (χ2n) is 10.9. The SMILES string of the molecule is Cc1cc(-c2cc(Nc3cc4n(n3)CCCN(C)C4)ncn2)ccc1CNC(=O)c1cnn(C(C)(C)C)c1. The van der Waals surface area contributed by atoms with Crippen LogP contribution in [0.5, 0.6) is 0 Å². The first kappa shape index (κ1) is 25.6. The summed E-state index contributed by atoms with van der Waals surface area (Å²) in [7, 11) is 2.14. The third-order valence-electron chi connectivity index (χ3n) is 6.74. The first-order valence-electron chi connectivity index (χ1n) is 12.9. The normalized spacial score (nSPS) is 14.1. The van der Waals surface area contributed by atoms with E-state index in [0.717, 1.165) is 54.3 Å². The van der Waals surface area contributed by atoms with Crippen molar-refractivity contribution < 1.29 is 4.79 Å². The van der Waals surface area contributed by atoms with Gasteiger partial charge in [0.1, 0.15) is 12.1 Å². The molecule has 0 fully saturated rings. The molecule has 0 spiro atoms. The molecular weight excluding hydrogens is 478 g/mol. The van der Waals surface area contributed by atoms with Crippen LogP contribution in [0, 0.1) is 6.92 Å². The van der Waals surface area contributed by atoms with Crippen LogP contribution in [0.1, 0.15) is 54.4 Å². The molecule has 2 N–H and O–H groups in total. The lowest BCUT2D eigenvalue weighted by atomic mass is 10.0. The summed E-state index contributed by atoms with van der Waals surface area (Å²) in [6, 6.07) is 10.2. The van der Waals surface area contributed by atoms with Crippen LogP contribution < -0.4 is 10.6 Å². The number of nitrogens with one attached hydrogen (secondary N) is 2. The summed E-state index contributed by atoms with van der Waals surface area (Å²) in [4.78, 5) is 23.8. The van der Waals surface area contributed by atoms with Crippen molar-refractivity contribution >= 4 is 17.5 Å². The highest BCUT2D eigenvalue weighted by Gasteiger charge is 2.17. The Morgan fingerprint density at radius 3 is 2.68 bits per heavy atom. The summed E-state index contributed by atoms with van der Waals surface area (Å²) in [5.74, 6) is 1.34. The Bertz CT molecular complexity index is 1450. The average Bonchev–Trinajstić information content (AvgIpc) is 3.47. The summed E-state index contributed by atoms with van der Waals surface area (Å²) < 4.78 is 3.87. The smallest absolute Gasteiger partial charge is 0.254 e. The molecule has 4 aromatic rings. The van der Waals surface area contributed by atoms with Crippen molar-refractivity contribution in [1.82, 2.24) is 39.7 Å². The summed E-state index contributed by atoms with van der Waals surface area (Å²) in [6.07, 6.45) is 6.04. The maximum absolute atomic E-state index is 12.6. The molecule has 0 unspecified atom stereocenters. The minimum atomic E-state index is -0.171. The van der Waals surface area contributed by atoms with Crippen LogP contribution in [0.3, 0.4) is 0 Å². The number of aryl methyl sites for hydroxylation is 2. The lowest BCUT2D eigenvalue weighted by molar-refractivity contribution is 0.0950. The lowest BCUT2D eigenvalue weighted by Crippen LogP contribution is -2.24. The zero-order valence-corrected chi connectivity index (χ0v) is 22.7. The van der Waals surface area contributed by atoms with Gasteiger partial charge in [-0.2, -0.15) is 10.2 Å².